The van der Waals surface area contributed by atoms with E-state index in [0.29, 0.717) is 11.0 Å². The summed E-state index contributed by atoms with van der Waals surface area (Å²) in [6, 6.07) is 4.07. The number of amides is 1. The smallest absolute Gasteiger partial charge is 0.248 e. The summed E-state index contributed by atoms with van der Waals surface area (Å²) in [5.41, 5.74) is 11.2. The maximum atomic E-state index is 12.9. The summed E-state index contributed by atoms with van der Waals surface area (Å²) in [4.78, 5) is 11.4. The average molecular weight is 390 g/mol. The summed E-state index contributed by atoms with van der Waals surface area (Å²) < 4.78 is 27.8. The first-order chi connectivity index (χ1) is 10.3. The van der Waals surface area contributed by atoms with Crippen LogP contribution in [0.5, 0.6) is 0 Å². The molecule has 1 saturated heterocycles. The predicted molar refractivity (Wildman–Crippen MR) is 87.8 cm³/mol. The zero-order chi connectivity index (χ0) is 16.5. The van der Waals surface area contributed by atoms with E-state index in [9.17, 15) is 13.2 Å². The molecule has 2 rings (SSSR count). The van der Waals surface area contributed by atoms with E-state index < -0.39 is 15.9 Å². The minimum atomic E-state index is -3.72. The molecule has 8 heteroatoms. The quantitative estimate of drug-likeness (QED) is 0.808. The number of nitrogens with two attached hydrogens (primary N) is 2. The molecule has 6 nitrogen and oxygen atoms in total. The van der Waals surface area contributed by atoms with Crippen molar-refractivity contribution in [3.8, 4) is 0 Å². The maximum Gasteiger partial charge on any atom is 0.248 e. The van der Waals surface area contributed by atoms with Gasteiger partial charge in [0.1, 0.15) is 0 Å². The van der Waals surface area contributed by atoms with Crippen LogP contribution in [0.1, 0.15) is 30.1 Å². The summed E-state index contributed by atoms with van der Waals surface area (Å²) in [5, 5.41) is 0. The van der Waals surface area contributed by atoms with E-state index in [1.54, 1.807) is 0 Å². The lowest BCUT2D eigenvalue weighted by Crippen LogP contribution is -2.51. The lowest BCUT2D eigenvalue weighted by atomic mass is 9.93. The normalized spacial score (nSPS) is 23.4. The molecule has 0 aliphatic carbocycles. The minimum absolute atomic E-state index is 0.0585. The fraction of sp³-hybridized carbons (Fsp3) is 0.500. The van der Waals surface area contributed by atoms with E-state index in [2.05, 4.69) is 15.9 Å². The lowest BCUT2D eigenvalue weighted by Gasteiger charge is -2.38. The summed E-state index contributed by atoms with van der Waals surface area (Å²) in [6.45, 7) is 2.72. The van der Waals surface area contributed by atoms with Gasteiger partial charge in [-0.25, -0.2) is 8.42 Å². The van der Waals surface area contributed by atoms with E-state index >= 15 is 0 Å². The van der Waals surface area contributed by atoms with Gasteiger partial charge in [-0.3, -0.25) is 4.79 Å². The second-order valence-electron chi connectivity index (χ2n) is 5.58. The van der Waals surface area contributed by atoms with Crippen molar-refractivity contribution in [2.45, 2.75) is 30.7 Å². The van der Waals surface area contributed by atoms with Gasteiger partial charge in [-0.05, 0) is 37.0 Å². The average Bonchev–Trinajstić information content (AvgIpc) is 2.46. The van der Waals surface area contributed by atoms with Crippen LogP contribution in [-0.4, -0.2) is 37.8 Å². The minimum Gasteiger partial charge on any atom is -0.366 e. The van der Waals surface area contributed by atoms with Gasteiger partial charge in [0.2, 0.25) is 15.9 Å². The van der Waals surface area contributed by atoms with Gasteiger partial charge in [0, 0.05) is 29.2 Å². The molecule has 1 amide bonds. The van der Waals surface area contributed by atoms with Crippen molar-refractivity contribution >= 4 is 31.9 Å². The lowest BCUT2D eigenvalue weighted by molar-refractivity contribution is 0.1000. The molecular weight excluding hydrogens is 370 g/mol. The Balaban J connectivity index is 2.47. The van der Waals surface area contributed by atoms with Crippen LogP contribution >= 0.6 is 15.9 Å². The number of sulfonamides is 1. The van der Waals surface area contributed by atoms with Crippen LogP contribution in [0.2, 0.25) is 0 Å². The molecule has 1 heterocycles. The highest BCUT2D eigenvalue weighted by molar-refractivity contribution is 9.10. The number of hydrogen-bond acceptors (Lipinski definition) is 4. The number of rotatable bonds is 4. The third-order valence-electron chi connectivity index (χ3n) is 4.07. The van der Waals surface area contributed by atoms with Crippen LogP contribution in [0, 0.1) is 5.92 Å². The zero-order valence-electron chi connectivity index (χ0n) is 12.3. The molecule has 0 bridgehead atoms. The highest BCUT2D eigenvalue weighted by Crippen LogP contribution is 2.30. The Morgan fingerprint density at radius 2 is 2.09 bits per heavy atom. The van der Waals surface area contributed by atoms with Crippen molar-refractivity contribution in [2.75, 3.05) is 13.1 Å². The van der Waals surface area contributed by atoms with Gasteiger partial charge < -0.3 is 11.5 Å². The van der Waals surface area contributed by atoms with Crippen molar-refractivity contribution in [3.63, 3.8) is 0 Å². The number of benzene rings is 1. The van der Waals surface area contributed by atoms with Gasteiger partial charge in [0.05, 0.1) is 4.90 Å². The number of carbonyl (C=O) groups excluding carboxylic acids is 1. The van der Waals surface area contributed by atoms with Gasteiger partial charge in [0.15, 0.2) is 0 Å². The second-order valence-corrected chi connectivity index (χ2v) is 8.38. The van der Waals surface area contributed by atoms with Crippen molar-refractivity contribution in [1.29, 1.82) is 0 Å². The van der Waals surface area contributed by atoms with E-state index in [4.69, 9.17) is 11.5 Å². The Hall–Kier alpha value is -0.960. The van der Waals surface area contributed by atoms with E-state index in [1.165, 1.54) is 22.5 Å². The Morgan fingerprint density at radius 3 is 2.68 bits per heavy atom. The van der Waals surface area contributed by atoms with Crippen LogP contribution in [-0.2, 0) is 10.0 Å². The fourth-order valence-corrected chi connectivity index (χ4v) is 5.34. The summed E-state index contributed by atoms with van der Waals surface area (Å²) in [5.74, 6) is -0.462. The highest BCUT2D eigenvalue weighted by atomic mass is 79.9. The molecule has 1 aromatic carbocycles. The van der Waals surface area contributed by atoms with Crippen LogP contribution < -0.4 is 11.5 Å². The van der Waals surface area contributed by atoms with Crippen LogP contribution in [0.4, 0.5) is 0 Å². The zero-order valence-corrected chi connectivity index (χ0v) is 14.7. The molecule has 0 radical (unpaired) electrons. The van der Waals surface area contributed by atoms with Gasteiger partial charge in [-0.1, -0.05) is 22.9 Å². The molecule has 22 heavy (non-hydrogen) atoms. The van der Waals surface area contributed by atoms with Crippen molar-refractivity contribution in [1.82, 2.24) is 4.31 Å². The molecule has 1 aromatic rings. The summed E-state index contributed by atoms with van der Waals surface area (Å²) in [7, 11) is -3.72. The molecule has 4 N–H and O–H groups in total. The first-order valence-electron chi connectivity index (χ1n) is 7.09. The molecule has 0 aromatic heterocycles. The second kappa shape index (κ2) is 6.66. The first-order valence-corrected chi connectivity index (χ1v) is 9.33. The molecule has 122 valence electrons. The standard InChI is InChI=1S/C14H20BrN3O3S/c1-9-3-2-4-18(13(9)8-16)22(20,21)12-6-10(14(17)19)5-11(15)7-12/h5-7,9,13H,2-4,8,16H2,1H3,(H2,17,19). The molecule has 1 aliphatic rings. The van der Waals surface area contributed by atoms with Gasteiger partial charge in [-0.2, -0.15) is 4.31 Å². The Morgan fingerprint density at radius 1 is 1.41 bits per heavy atom. The number of halogens is 1. The Kier molecular flexibility index (Phi) is 5.26. The SMILES string of the molecule is CC1CCCN(S(=O)(=O)c2cc(Br)cc(C(N)=O)c2)C1CN. The molecule has 0 spiro atoms. The number of piperidine rings is 1. The van der Waals surface area contributed by atoms with Gasteiger partial charge in [0.25, 0.3) is 0 Å². The van der Waals surface area contributed by atoms with Gasteiger partial charge in [-0.15, -0.1) is 0 Å². The fourth-order valence-electron chi connectivity index (χ4n) is 2.85. The van der Waals surface area contributed by atoms with Crippen molar-refractivity contribution in [2.24, 2.45) is 17.4 Å². The molecule has 1 fully saturated rings. The molecule has 0 saturated carbocycles. The van der Waals surface area contributed by atoms with Crippen LogP contribution in [0.15, 0.2) is 27.6 Å². The number of carbonyl (C=O) groups is 1. The highest BCUT2D eigenvalue weighted by Gasteiger charge is 2.36. The third-order valence-corrected chi connectivity index (χ3v) is 6.43. The van der Waals surface area contributed by atoms with Crippen molar-refractivity contribution in [3.05, 3.63) is 28.2 Å². The number of nitrogens with zero attached hydrogens (tertiary/aromatic N) is 1. The summed E-state index contributed by atoms with van der Waals surface area (Å²) >= 11 is 3.23. The van der Waals surface area contributed by atoms with Crippen molar-refractivity contribution < 1.29 is 13.2 Å². The number of primary amides is 1. The monoisotopic (exact) mass is 389 g/mol. The Bertz CT molecular complexity index is 678. The van der Waals surface area contributed by atoms with Crippen LogP contribution in [0.25, 0.3) is 0 Å². The maximum absolute atomic E-state index is 12.9. The Labute approximate surface area is 139 Å². The molecular formula is C14H20BrN3O3S. The first kappa shape index (κ1) is 17.4. The molecule has 1 aliphatic heterocycles. The van der Waals surface area contributed by atoms with E-state index in [1.807, 2.05) is 6.92 Å². The summed E-state index contributed by atoms with van der Waals surface area (Å²) in [6.07, 6.45) is 1.76. The van der Waals surface area contributed by atoms with E-state index in [0.717, 1.165) is 12.8 Å². The van der Waals surface area contributed by atoms with Crippen LogP contribution in [0.3, 0.4) is 0 Å². The topological polar surface area (TPSA) is 106 Å². The predicted octanol–water partition coefficient (Wildman–Crippen LogP) is 1.30. The third kappa shape index (κ3) is 3.34. The molecule has 2 unspecified atom stereocenters. The number of hydrogen-bond donors (Lipinski definition) is 2. The largest absolute Gasteiger partial charge is 0.366 e. The molecule has 2 atom stereocenters. The van der Waals surface area contributed by atoms with E-state index in [-0.39, 0.29) is 29.0 Å². The van der Waals surface area contributed by atoms with Gasteiger partial charge >= 0.3 is 0 Å².